The van der Waals surface area contributed by atoms with Gasteiger partial charge in [-0.1, -0.05) is 57.7 Å². The zero-order valence-electron chi connectivity index (χ0n) is 45.2. The third-order valence-corrected chi connectivity index (χ3v) is 19.5. The molecule has 1 fully saturated rings. The largest absolute Gasteiger partial charge is 0.490 e. The van der Waals surface area contributed by atoms with Crippen molar-refractivity contribution in [2.24, 2.45) is 10.9 Å². The molecular formula is C51H59N6O21P3S2. The summed E-state index contributed by atoms with van der Waals surface area (Å²) in [5, 5.41) is 28.6. The molecular weight excluding hydrogens is 1190 g/mol. The van der Waals surface area contributed by atoms with Crippen molar-refractivity contribution < 1.29 is 85.0 Å². The van der Waals surface area contributed by atoms with Crippen LogP contribution in [0.5, 0.6) is 5.75 Å². The quantitative estimate of drug-likeness (QED) is 0.00607. The van der Waals surface area contributed by atoms with Crippen LogP contribution < -0.4 is 26.6 Å². The van der Waals surface area contributed by atoms with Crippen LogP contribution in [0.4, 0.5) is 11.4 Å². The Hall–Kier alpha value is -6.02. The number of carbonyl (C=O) groups is 2. The zero-order valence-corrected chi connectivity index (χ0v) is 49.6. The maximum atomic E-state index is 13.7. The van der Waals surface area contributed by atoms with E-state index in [9.17, 15) is 57.9 Å². The number of aryl methyl sites for hydroxylation is 1. The number of nitro benzene ring substituents is 1. The fourth-order valence-electron chi connectivity index (χ4n) is 9.07. The van der Waals surface area contributed by atoms with Gasteiger partial charge in [0.1, 0.15) is 41.9 Å². The number of allylic oxidation sites excluding steroid dienone is 3. The molecule has 1 aromatic heterocycles. The van der Waals surface area contributed by atoms with Gasteiger partial charge < -0.3 is 54.3 Å². The molecule has 4 aromatic rings. The molecule has 7 rings (SSSR count). The van der Waals surface area contributed by atoms with E-state index in [2.05, 4.69) is 47.1 Å². The van der Waals surface area contributed by atoms with Crippen LogP contribution >= 0.6 is 45.1 Å². The minimum absolute atomic E-state index is 0.0238. The molecule has 0 bridgehead atoms. The molecule has 2 aliphatic heterocycles. The number of hydrogen-bond donors (Lipinski definition) is 8. The molecule has 5 unspecified atom stereocenters. The van der Waals surface area contributed by atoms with Crippen molar-refractivity contribution in [2.45, 2.75) is 83.7 Å². The molecule has 0 saturated carbocycles. The molecule has 32 heteroatoms. The number of rotatable bonds is 25. The van der Waals surface area contributed by atoms with Crippen molar-refractivity contribution in [3.8, 4) is 17.6 Å². The van der Waals surface area contributed by atoms with Crippen LogP contribution in [0.3, 0.4) is 0 Å². The Morgan fingerprint density at radius 2 is 1.77 bits per heavy atom. The van der Waals surface area contributed by atoms with Crippen LogP contribution in [0.1, 0.15) is 102 Å². The number of aromatic amines is 1. The van der Waals surface area contributed by atoms with Crippen molar-refractivity contribution in [1.82, 2.24) is 14.9 Å². The molecule has 1 saturated heterocycles. The second kappa shape index (κ2) is 27.3. The topological polar surface area (TPSA) is 386 Å². The van der Waals surface area contributed by atoms with Gasteiger partial charge in [-0.15, -0.1) is 0 Å². The minimum Gasteiger partial charge on any atom is -0.478 e. The molecule has 3 heterocycles. The van der Waals surface area contributed by atoms with Gasteiger partial charge in [-0.25, -0.2) is 23.3 Å². The average molecular weight is 1250 g/mol. The van der Waals surface area contributed by atoms with Gasteiger partial charge in [-0.2, -0.15) is 8.62 Å². The van der Waals surface area contributed by atoms with Crippen molar-refractivity contribution in [3.05, 3.63) is 154 Å². The molecule has 3 aliphatic rings. The number of anilines is 1. The summed E-state index contributed by atoms with van der Waals surface area (Å²) in [6.07, 6.45) is 0.792. The monoisotopic (exact) mass is 1250 g/mol. The first-order chi connectivity index (χ1) is 39.1. The Bertz CT molecular complexity index is 3590. The highest BCUT2D eigenvalue weighted by Gasteiger charge is 2.44. The Labute approximate surface area is 482 Å². The normalized spacial score (nSPS) is 20.5. The van der Waals surface area contributed by atoms with Gasteiger partial charge >= 0.3 is 35.1 Å². The first-order valence-electron chi connectivity index (χ1n) is 25.2. The summed E-state index contributed by atoms with van der Waals surface area (Å²) < 4.78 is 72.1. The Morgan fingerprint density at radius 1 is 1.02 bits per heavy atom. The number of nitrogens with one attached hydrogen (secondary N) is 3. The smallest absolute Gasteiger partial charge is 0.478 e. The van der Waals surface area contributed by atoms with E-state index >= 15 is 0 Å². The maximum absolute atomic E-state index is 13.7. The summed E-state index contributed by atoms with van der Waals surface area (Å²) in [5.41, 5.74) is 2.74. The number of nitro groups is 1. The fourth-order valence-corrected chi connectivity index (χ4v) is 14.2. The van der Waals surface area contributed by atoms with Crippen molar-refractivity contribution in [3.63, 3.8) is 0 Å². The number of carboxylic acid groups (broad SMARTS) is 1. The number of aliphatic imine (C=N–C) groups is 1. The number of H-pyrrole nitrogens is 1. The number of nitrogens with zero attached hydrogens (tertiary/aromatic N) is 3. The minimum atomic E-state index is -5.89. The van der Waals surface area contributed by atoms with E-state index in [0.29, 0.717) is 30.2 Å². The highest BCUT2D eigenvalue weighted by Crippen LogP contribution is 2.66. The van der Waals surface area contributed by atoms with Gasteiger partial charge in [0.2, 0.25) is 0 Å². The number of carboxylic acids is 1. The van der Waals surface area contributed by atoms with E-state index < -0.39 is 93.8 Å². The average Bonchev–Trinajstić information content (AvgIpc) is 3.77. The molecule has 8 N–H and O–H groups in total. The number of benzene rings is 3. The number of aromatic nitrogens is 2. The van der Waals surface area contributed by atoms with Gasteiger partial charge in [0.15, 0.2) is 0 Å². The lowest BCUT2D eigenvalue weighted by Gasteiger charge is -2.37. The van der Waals surface area contributed by atoms with E-state index in [1.54, 1.807) is 12.1 Å². The van der Waals surface area contributed by atoms with Gasteiger partial charge in [0.25, 0.3) is 17.2 Å². The SMILES string of the molecule is CCN=C1C=C2Oc3cc(NCC)c(C)cc3C(c3ccc(C(=O)NCC(C)(C)SSCOCC#Cc4cn([C@H]5C[C@@H](OCc6ccccc6[N+](=O)[O-])C(COP(=O)(O)OP(=O)(O)OP(=O)(O)O)O5)c(=O)[nH]c4=O)cc3C(=O)O)C2C=C1C. The van der Waals surface area contributed by atoms with Crippen LogP contribution in [-0.4, -0.2) is 112 Å². The molecule has 1 aliphatic carbocycles. The van der Waals surface area contributed by atoms with Gasteiger partial charge in [0, 0.05) is 83.9 Å². The third-order valence-electron chi connectivity index (χ3n) is 12.7. The lowest BCUT2D eigenvalue weighted by molar-refractivity contribution is -0.386. The maximum Gasteiger partial charge on any atom is 0.490 e. The number of fused-ring (bicyclic) bond motifs is 2. The highest BCUT2D eigenvalue weighted by atomic mass is 33.1. The van der Waals surface area contributed by atoms with Crippen LogP contribution in [0.2, 0.25) is 0 Å². The number of hydrogen-bond acceptors (Lipinski definition) is 20. The number of aromatic carboxylic acids is 1. The van der Waals surface area contributed by atoms with Crippen molar-refractivity contribution in [2.75, 3.05) is 44.1 Å². The molecule has 0 spiro atoms. The van der Waals surface area contributed by atoms with Crippen molar-refractivity contribution in [1.29, 1.82) is 0 Å². The molecule has 0 radical (unpaired) electrons. The molecule has 446 valence electrons. The number of ether oxygens (including phenoxy) is 4. The summed E-state index contributed by atoms with van der Waals surface area (Å²) in [6.45, 7) is 11.5. The van der Waals surface area contributed by atoms with Gasteiger partial charge in [-0.05, 0) is 82.5 Å². The molecule has 27 nitrogen and oxygen atoms in total. The lowest BCUT2D eigenvalue weighted by Crippen LogP contribution is -2.36. The van der Waals surface area contributed by atoms with Crippen molar-refractivity contribution >= 4 is 74.0 Å². The summed E-state index contributed by atoms with van der Waals surface area (Å²) in [5.74, 6) is 4.16. The summed E-state index contributed by atoms with van der Waals surface area (Å²) in [4.78, 5) is 108. The summed E-state index contributed by atoms with van der Waals surface area (Å²) in [7, 11) is -14.6. The number of phosphoric ester groups is 1. The first kappa shape index (κ1) is 64.5. The standard InChI is InChI=1S/C51H59N6O21P3S2/c1-7-52-38-21-41-36(18-29(38)3)46(37-19-30(4)39(53-8-2)22-42(37)75-41)34-16-15-31(20-35(34)49(60)61)47(58)54-27-51(5,6)83-82-28-72-17-11-13-32-24-56(50(62)55-48(32)59)45-23-43(73-25-33-12-9-10-14-40(33)57(63)64)44(76-45)26-74-80(68,69)78-81(70,71)77-79(65,66)67/h9-10,12,14-16,18-22,24,36,43-46,53H,7-8,17,23,25-28H2,1-6H3,(H,54,58)(H,60,61)(H,68,69)(H,70,71)(H,55,59,62)(H2,65,66,67)/t36?,43-,44?,45-,46?/m1/s1. The summed E-state index contributed by atoms with van der Waals surface area (Å²) >= 11 is 0. The summed E-state index contributed by atoms with van der Waals surface area (Å²) in [6, 6.07) is 14.2. The molecule has 1 amide bonds. The van der Waals surface area contributed by atoms with E-state index in [1.165, 1.54) is 51.9 Å². The zero-order chi connectivity index (χ0) is 60.6. The highest BCUT2D eigenvalue weighted by molar-refractivity contribution is 8.77. The number of amides is 1. The lowest BCUT2D eigenvalue weighted by atomic mass is 9.73. The fraction of sp³-hybridized carbons (Fsp3) is 0.392. The van der Waals surface area contributed by atoms with E-state index in [4.69, 9.17) is 33.3 Å². The predicted octanol–water partition coefficient (Wildman–Crippen LogP) is 7.46. The van der Waals surface area contributed by atoms with Gasteiger partial charge in [0.05, 0.1) is 41.1 Å². The Morgan fingerprint density at radius 3 is 2.47 bits per heavy atom. The van der Waals surface area contributed by atoms with Crippen LogP contribution in [0.25, 0.3) is 0 Å². The third kappa shape index (κ3) is 17.1. The number of para-hydroxylation sites is 1. The van der Waals surface area contributed by atoms with E-state index in [0.717, 1.165) is 38.9 Å². The van der Waals surface area contributed by atoms with Crippen LogP contribution in [-0.2, 0) is 47.7 Å². The van der Waals surface area contributed by atoms with Crippen LogP contribution in [0, 0.1) is 34.8 Å². The Balaban J connectivity index is 0.960. The van der Waals surface area contributed by atoms with E-state index in [1.807, 2.05) is 59.8 Å². The first-order valence-corrected chi connectivity index (χ1v) is 32.1. The number of carbonyl (C=O) groups excluding carboxylic acids is 1. The molecule has 83 heavy (non-hydrogen) atoms. The van der Waals surface area contributed by atoms with Gasteiger partial charge in [-0.3, -0.25) is 38.8 Å². The Kier molecular flexibility index (Phi) is 21.3. The molecule has 7 atom stereocenters. The van der Waals surface area contributed by atoms with E-state index in [-0.39, 0.29) is 59.4 Å². The number of phosphoric acid groups is 3. The predicted molar refractivity (Wildman–Crippen MR) is 305 cm³/mol. The molecule has 3 aromatic carbocycles. The second-order valence-electron chi connectivity index (χ2n) is 19.3. The van der Waals surface area contributed by atoms with Crippen LogP contribution in [0.15, 0.2) is 98.9 Å². The second-order valence-corrected chi connectivity index (χ2v) is 26.7.